The molecule has 1 aliphatic heterocycles. The number of aromatic nitrogens is 1. The summed E-state index contributed by atoms with van der Waals surface area (Å²) in [5.41, 5.74) is 3.64. The molecule has 9 nitrogen and oxygen atoms in total. The molecule has 0 radical (unpaired) electrons. The topological polar surface area (TPSA) is 116 Å². The second-order valence-corrected chi connectivity index (χ2v) is 11.7. The number of hydrogen-bond donors (Lipinski definition) is 2. The van der Waals surface area contributed by atoms with Crippen molar-refractivity contribution in [3.63, 3.8) is 0 Å². The summed E-state index contributed by atoms with van der Waals surface area (Å²) >= 11 is 1.36. The van der Waals surface area contributed by atoms with E-state index in [0.717, 1.165) is 35.2 Å². The first-order valence-corrected chi connectivity index (χ1v) is 14.8. The number of allylic oxidation sites excluding steroid dienone is 4. The zero-order valence-corrected chi connectivity index (χ0v) is 22.7. The average Bonchev–Trinajstić information content (AvgIpc) is 3.35. The molecule has 0 bridgehead atoms. The van der Waals surface area contributed by atoms with Gasteiger partial charge in [0, 0.05) is 36.9 Å². The lowest BCUT2D eigenvalue weighted by atomic mass is 9.96. The summed E-state index contributed by atoms with van der Waals surface area (Å²) < 4.78 is 27.4. The van der Waals surface area contributed by atoms with E-state index < -0.39 is 10.0 Å². The second-order valence-electron chi connectivity index (χ2n) is 8.94. The highest BCUT2D eigenvalue weighted by atomic mass is 32.2. The Kier molecular flexibility index (Phi) is 8.93. The molecular weight excluding hydrogens is 512 g/mol. The van der Waals surface area contributed by atoms with Gasteiger partial charge in [-0.3, -0.25) is 4.79 Å². The van der Waals surface area contributed by atoms with Crippen LogP contribution in [0.3, 0.4) is 0 Å². The van der Waals surface area contributed by atoms with E-state index >= 15 is 0 Å². The molecule has 1 unspecified atom stereocenters. The molecule has 2 N–H and O–H groups in total. The molecule has 11 heteroatoms. The molecule has 0 fully saturated rings. The maximum Gasteiger partial charge on any atom is 0.243 e. The molecule has 2 aromatic rings. The van der Waals surface area contributed by atoms with Crippen molar-refractivity contribution in [3.05, 3.63) is 75.7 Å². The van der Waals surface area contributed by atoms with E-state index in [4.69, 9.17) is 4.84 Å². The summed E-state index contributed by atoms with van der Waals surface area (Å²) in [6.07, 6.45) is 8.44. The van der Waals surface area contributed by atoms with Crippen molar-refractivity contribution in [1.29, 1.82) is 0 Å². The van der Waals surface area contributed by atoms with Crippen LogP contribution in [0.1, 0.15) is 50.8 Å². The van der Waals surface area contributed by atoms with Crippen molar-refractivity contribution in [2.45, 2.75) is 50.8 Å². The molecule has 37 heavy (non-hydrogen) atoms. The SMILES string of the molecule is CCCN(CCC)S(=O)(=O)c1ccc(CCC(=O)Nc2nc(C3=CC=C4O[NH+]([O-])CC=C4C3)cs2)cc1. The lowest BCUT2D eigenvalue weighted by molar-refractivity contribution is -1.04. The molecule has 2 aliphatic rings. The monoisotopic (exact) mass is 544 g/mol. The number of fused-ring (bicyclic) bond motifs is 1. The Labute approximate surface area is 221 Å². The van der Waals surface area contributed by atoms with Crippen LogP contribution in [0.4, 0.5) is 5.13 Å². The minimum atomic E-state index is -3.52. The van der Waals surface area contributed by atoms with Crippen molar-refractivity contribution in [3.8, 4) is 0 Å². The lowest BCUT2D eigenvalue weighted by Crippen LogP contribution is -3.06. The number of amides is 1. The van der Waals surface area contributed by atoms with E-state index in [-0.39, 0.29) is 29.0 Å². The molecule has 1 amide bonds. The van der Waals surface area contributed by atoms with Gasteiger partial charge in [-0.15, -0.1) is 11.3 Å². The van der Waals surface area contributed by atoms with Gasteiger partial charge in [0.25, 0.3) is 0 Å². The number of hydrogen-bond acceptors (Lipinski definition) is 7. The first-order valence-electron chi connectivity index (χ1n) is 12.5. The van der Waals surface area contributed by atoms with Gasteiger partial charge in [0.1, 0.15) is 6.54 Å². The number of anilines is 1. The number of sulfonamides is 1. The number of carbonyl (C=O) groups is 1. The van der Waals surface area contributed by atoms with Gasteiger partial charge in [-0.2, -0.15) is 9.53 Å². The van der Waals surface area contributed by atoms with Crippen LogP contribution in [0.15, 0.2) is 64.1 Å². The van der Waals surface area contributed by atoms with Crippen molar-refractivity contribution < 1.29 is 23.3 Å². The summed E-state index contributed by atoms with van der Waals surface area (Å²) in [7, 11) is -3.52. The van der Waals surface area contributed by atoms with Gasteiger partial charge in [-0.1, -0.05) is 32.1 Å². The van der Waals surface area contributed by atoms with Crippen LogP contribution in [-0.2, 0) is 26.1 Å². The maximum atomic E-state index is 12.9. The molecule has 1 aliphatic carbocycles. The molecule has 0 spiro atoms. The van der Waals surface area contributed by atoms with Gasteiger partial charge >= 0.3 is 0 Å². The minimum absolute atomic E-state index is 0.156. The molecule has 0 saturated heterocycles. The van der Waals surface area contributed by atoms with Gasteiger partial charge in [0.05, 0.1) is 10.6 Å². The van der Waals surface area contributed by atoms with Gasteiger partial charge in [-0.05, 0) is 54.7 Å². The molecule has 0 saturated carbocycles. The van der Waals surface area contributed by atoms with Crippen LogP contribution in [0.25, 0.3) is 5.57 Å². The highest BCUT2D eigenvalue weighted by Crippen LogP contribution is 2.33. The Balaban J connectivity index is 1.31. The Morgan fingerprint density at radius 1 is 1.16 bits per heavy atom. The zero-order valence-electron chi connectivity index (χ0n) is 21.0. The zero-order chi connectivity index (χ0) is 26.4. The summed E-state index contributed by atoms with van der Waals surface area (Å²) in [5.74, 6) is 0.435. The molecule has 1 atom stereocenters. The summed E-state index contributed by atoms with van der Waals surface area (Å²) in [6.45, 7) is 5.20. The predicted molar refractivity (Wildman–Crippen MR) is 144 cm³/mol. The number of thiazole rings is 1. The van der Waals surface area contributed by atoms with Crippen LogP contribution in [0.5, 0.6) is 0 Å². The first-order chi connectivity index (χ1) is 17.8. The van der Waals surface area contributed by atoms with Gasteiger partial charge in [0.15, 0.2) is 10.9 Å². The number of aryl methyl sites for hydroxylation is 1. The van der Waals surface area contributed by atoms with Gasteiger partial charge in [0.2, 0.25) is 15.9 Å². The number of carbonyl (C=O) groups excluding carboxylic acids is 1. The fourth-order valence-corrected chi connectivity index (χ4v) is 6.58. The molecular formula is C26H32N4O5S2. The first kappa shape index (κ1) is 27.2. The highest BCUT2D eigenvalue weighted by Gasteiger charge is 2.24. The van der Waals surface area contributed by atoms with Crippen molar-refractivity contribution in [2.24, 2.45) is 0 Å². The molecule has 2 heterocycles. The van der Waals surface area contributed by atoms with E-state index in [0.29, 0.717) is 36.8 Å². The number of nitrogens with one attached hydrogen (secondary N) is 2. The smallest absolute Gasteiger partial charge is 0.243 e. The molecule has 4 rings (SSSR count). The molecule has 1 aromatic heterocycles. The Hall–Kier alpha value is -2.83. The summed E-state index contributed by atoms with van der Waals surface area (Å²) in [4.78, 5) is 22.6. The van der Waals surface area contributed by atoms with E-state index in [9.17, 15) is 18.4 Å². The molecule has 198 valence electrons. The van der Waals surface area contributed by atoms with Gasteiger partial charge < -0.3 is 15.4 Å². The van der Waals surface area contributed by atoms with Crippen LogP contribution in [0.2, 0.25) is 0 Å². The van der Waals surface area contributed by atoms with Crippen molar-refractivity contribution in [1.82, 2.24) is 9.29 Å². The fourth-order valence-electron chi connectivity index (χ4n) is 4.20. The number of benzene rings is 1. The normalized spacial score (nSPS) is 17.4. The standard InChI is InChI=1S/C26H32N4O5S2/c1-3-14-29(15-4-2)37(33,34)22-9-5-19(6-10-22)7-12-25(31)28-26-27-23(18-36-26)20-8-11-24-21(17-20)13-16-30(32)35-24/h5-6,8-11,13,18,30H,3-4,7,12,14-17H2,1-2H3,(H,27,28,31). The fraction of sp³-hybridized carbons (Fsp3) is 0.385. The van der Waals surface area contributed by atoms with Crippen molar-refractivity contribution in [2.75, 3.05) is 25.0 Å². The quantitative estimate of drug-likeness (QED) is 0.419. The minimum Gasteiger partial charge on any atom is -0.590 e. The van der Waals surface area contributed by atoms with E-state index in [1.807, 2.05) is 31.4 Å². The van der Waals surface area contributed by atoms with Crippen LogP contribution in [0, 0.1) is 5.21 Å². The van der Waals surface area contributed by atoms with E-state index in [2.05, 4.69) is 10.3 Å². The third kappa shape index (κ3) is 6.74. The predicted octanol–water partition coefficient (Wildman–Crippen LogP) is 3.45. The van der Waals surface area contributed by atoms with E-state index in [1.165, 1.54) is 15.6 Å². The summed E-state index contributed by atoms with van der Waals surface area (Å²) in [5, 5.41) is 16.5. The van der Waals surface area contributed by atoms with Crippen LogP contribution < -0.4 is 10.5 Å². The number of hydroxylamine groups is 2. The Bertz CT molecular complexity index is 1310. The lowest BCUT2D eigenvalue weighted by Gasteiger charge is -2.28. The number of quaternary nitrogens is 1. The van der Waals surface area contributed by atoms with Crippen molar-refractivity contribution >= 4 is 38.0 Å². The summed E-state index contributed by atoms with van der Waals surface area (Å²) in [6, 6.07) is 6.78. The molecule has 1 aromatic carbocycles. The highest BCUT2D eigenvalue weighted by molar-refractivity contribution is 7.89. The maximum absolute atomic E-state index is 12.9. The van der Waals surface area contributed by atoms with Crippen LogP contribution in [-0.4, -0.2) is 43.2 Å². The van der Waals surface area contributed by atoms with E-state index in [1.54, 1.807) is 30.3 Å². The van der Waals surface area contributed by atoms with Crippen LogP contribution >= 0.6 is 11.3 Å². The number of rotatable bonds is 11. The third-order valence-electron chi connectivity index (χ3n) is 6.10. The third-order valence-corrected chi connectivity index (χ3v) is 8.77. The number of nitrogens with zero attached hydrogens (tertiary/aromatic N) is 2. The second kappa shape index (κ2) is 12.1. The van der Waals surface area contributed by atoms with Gasteiger partial charge in [-0.25, -0.2) is 13.4 Å². The largest absolute Gasteiger partial charge is 0.590 e. The Morgan fingerprint density at radius 3 is 2.59 bits per heavy atom. The average molecular weight is 545 g/mol. The Morgan fingerprint density at radius 2 is 1.89 bits per heavy atom.